The van der Waals surface area contributed by atoms with Crippen LogP contribution < -0.4 is 0 Å². The van der Waals surface area contributed by atoms with Gasteiger partial charge in [-0.15, -0.1) is 5.10 Å². The summed E-state index contributed by atoms with van der Waals surface area (Å²) < 4.78 is 1.54. The van der Waals surface area contributed by atoms with E-state index >= 15 is 0 Å². The molecule has 8 nitrogen and oxygen atoms in total. The van der Waals surface area contributed by atoms with E-state index in [4.69, 9.17) is 0 Å². The van der Waals surface area contributed by atoms with Crippen LogP contribution in [0, 0.1) is 10.1 Å². The van der Waals surface area contributed by atoms with E-state index in [1.165, 1.54) is 28.7 Å². The maximum absolute atomic E-state index is 11.0. The second-order valence-corrected chi connectivity index (χ2v) is 4.94. The molecule has 0 aliphatic rings. The third-order valence-corrected chi connectivity index (χ3v) is 3.79. The molecular formula is C11H8N6O2S. The zero-order valence-electron chi connectivity index (χ0n) is 10.3. The first-order valence-corrected chi connectivity index (χ1v) is 6.41. The summed E-state index contributed by atoms with van der Waals surface area (Å²) in [5.74, 6) is 0. The molecule has 0 spiro atoms. The third-order valence-electron chi connectivity index (χ3n) is 2.69. The summed E-state index contributed by atoms with van der Waals surface area (Å²) in [6, 6.07) is 6.66. The van der Waals surface area contributed by atoms with Crippen LogP contribution in [0.25, 0.3) is 10.9 Å². The normalized spacial score (nSPS) is 10.8. The average Bonchev–Trinajstić information content (AvgIpc) is 2.84. The summed E-state index contributed by atoms with van der Waals surface area (Å²) in [6.45, 7) is 0. The molecule has 0 N–H and O–H groups in total. The van der Waals surface area contributed by atoms with E-state index in [2.05, 4.69) is 20.5 Å². The molecule has 0 saturated carbocycles. The number of nitrogens with zero attached hydrogens (tertiary/aromatic N) is 6. The summed E-state index contributed by atoms with van der Waals surface area (Å²) in [7, 11) is 1.73. The number of nitro benzene ring substituents is 1. The summed E-state index contributed by atoms with van der Waals surface area (Å²) >= 11 is 1.34. The number of nitro groups is 1. The highest BCUT2D eigenvalue weighted by atomic mass is 32.2. The predicted molar refractivity (Wildman–Crippen MR) is 71.3 cm³/mol. The van der Waals surface area contributed by atoms with E-state index in [0.717, 1.165) is 4.90 Å². The second-order valence-electron chi connectivity index (χ2n) is 3.93. The monoisotopic (exact) mass is 288 g/mol. The van der Waals surface area contributed by atoms with Crippen molar-refractivity contribution < 1.29 is 4.92 Å². The Kier molecular flexibility index (Phi) is 3.03. The highest BCUT2D eigenvalue weighted by Crippen LogP contribution is 2.35. The van der Waals surface area contributed by atoms with Crippen molar-refractivity contribution in [3.63, 3.8) is 0 Å². The van der Waals surface area contributed by atoms with Crippen LogP contribution in [0.5, 0.6) is 0 Å². The van der Waals surface area contributed by atoms with E-state index in [1.54, 1.807) is 25.2 Å². The van der Waals surface area contributed by atoms with E-state index in [-0.39, 0.29) is 5.69 Å². The lowest BCUT2D eigenvalue weighted by Crippen LogP contribution is -1.95. The fourth-order valence-corrected chi connectivity index (χ4v) is 2.63. The molecule has 3 aromatic rings. The Balaban J connectivity index is 2.15. The zero-order chi connectivity index (χ0) is 14.1. The van der Waals surface area contributed by atoms with Gasteiger partial charge in [0.15, 0.2) is 0 Å². The van der Waals surface area contributed by atoms with E-state index in [9.17, 15) is 10.1 Å². The molecule has 2 aromatic heterocycles. The molecule has 0 unspecified atom stereocenters. The lowest BCUT2D eigenvalue weighted by molar-refractivity contribution is -0.383. The molecule has 0 radical (unpaired) electrons. The number of non-ortho nitro benzene ring substituents is 1. The fourth-order valence-electron chi connectivity index (χ4n) is 1.77. The summed E-state index contributed by atoms with van der Waals surface area (Å²) in [5.41, 5.74) is 0.346. The minimum atomic E-state index is -0.437. The standard InChI is InChI=1S/C11H8N6O2S/c1-16-11(13-14-15-16)20-9-5-4-8(17(18)19)10-7(9)3-2-6-12-10/h2-6H,1H3. The molecule has 0 saturated heterocycles. The van der Waals surface area contributed by atoms with Crippen LogP contribution >= 0.6 is 11.8 Å². The van der Waals surface area contributed by atoms with Gasteiger partial charge in [0.25, 0.3) is 5.69 Å². The first-order valence-electron chi connectivity index (χ1n) is 5.59. The largest absolute Gasteiger partial charge is 0.295 e. The van der Waals surface area contributed by atoms with Gasteiger partial charge in [-0.25, -0.2) is 9.67 Å². The average molecular weight is 288 g/mol. The van der Waals surface area contributed by atoms with Gasteiger partial charge in [0.05, 0.1) is 4.92 Å². The Bertz CT molecular complexity index is 802. The smallest absolute Gasteiger partial charge is 0.258 e. The summed E-state index contributed by atoms with van der Waals surface area (Å²) in [5, 5.41) is 23.5. The van der Waals surface area contributed by atoms with Crippen molar-refractivity contribution in [1.82, 2.24) is 25.2 Å². The van der Waals surface area contributed by atoms with Gasteiger partial charge in [0.2, 0.25) is 5.16 Å². The number of hydrogen-bond acceptors (Lipinski definition) is 7. The molecule has 0 fully saturated rings. The predicted octanol–water partition coefficient (Wildman–Crippen LogP) is 1.82. The molecule has 0 aliphatic carbocycles. The Morgan fingerprint density at radius 1 is 1.35 bits per heavy atom. The first kappa shape index (κ1) is 12.5. The van der Waals surface area contributed by atoms with Crippen molar-refractivity contribution in [2.24, 2.45) is 7.05 Å². The number of pyridine rings is 1. The molecule has 0 aliphatic heterocycles. The third kappa shape index (κ3) is 2.07. The molecule has 1 aromatic carbocycles. The molecule has 2 heterocycles. The second kappa shape index (κ2) is 4.85. The molecular weight excluding hydrogens is 280 g/mol. The molecule has 0 bridgehead atoms. The van der Waals surface area contributed by atoms with Crippen LogP contribution in [0.1, 0.15) is 0 Å². The van der Waals surface area contributed by atoms with Gasteiger partial charge >= 0.3 is 0 Å². The van der Waals surface area contributed by atoms with Gasteiger partial charge in [0.1, 0.15) is 5.52 Å². The number of tetrazole rings is 1. The van der Waals surface area contributed by atoms with Crippen molar-refractivity contribution >= 4 is 28.4 Å². The quantitative estimate of drug-likeness (QED) is 0.535. The number of aromatic nitrogens is 5. The summed E-state index contributed by atoms with van der Waals surface area (Å²) in [6.07, 6.45) is 1.54. The van der Waals surface area contributed by atoms with Crippen LogP contribution in [-0.2, 0) is 7.05 Å². The van der Waals surface area contributed by atoms with Crippen molar-refractivity contribution in [3.8, 4) is 0 Å². The van der Waals surface area contributed by atoms with Gasteiger partial charge in [0, 0.05) is 29.6 Å². The maximum Gasteiger partial charge on any atom is 0.295 e. The minimum Gasteiger partial charge on any atom is -0.258 e. The Morgan fingerprint density at radius 3 is 2.90 bits per heavy atom. The number of aryl methyl sites for hydroxylation is 1. The fraction of sp³-hybridized carbons (Fsp3) is 0.0909. The van der Waals surface area contributed by atoms with Crippen LogP contribution in [0.15, 0.2) is 40.5 Å². The van der Waals surface area contributed by atoms with E-state index in [0.29, 0.717) is 16.1 Å². The van der Waals surface area contributed by atoms with E-state index in [1.807, 2.05) is 0 Å². The van der Waals surface area contributed by atoms with Gasteiger partial charge in [-0.2, -0.15) is 0 Å². The molecule has 9 heteroatoms. The molecule has 20 heavy (non-hydrogen) atoms. The lowest BCUT2D eigenvalue weighted by atomic mass is 10.2. The van der Waals surface area contributed by atoms with Crippen LogP contribution in [0.4, 0.5) is 5.69 Å². The van der Waals surface area contributed by atoms with Gasteiger partial charge in [-0.1, -0.05) is 0 Å². The van der Waals surface area contributed by atoms with Crippen molar-refractivity contribution in [2.75, 3.05) is 0 Å². The van der Waals surface area contributed by atoms with Crippen LogP contribution in [0.2, 0.25) is 0 Å². The van der Waals surface area contributed by atoms with Gasteiger partial charge in [-0.3, -0.25) is 10.1 Å². The molecule has 100 valence electrons. The zero-order valence-corrected chi connectivity index (χ0v) is 11.1. The molecule has 3 rings (SSSR count). The summed E-state index contributed by atoms with van der Waals surface area (Å²) in [4.78, 5) is 15.5. The van der Waals surface area contributed by atoms with Crippen LogP contribution in [-0.4, -0.2) is 30.1 Å². The number of benzene rings is 1. The Labute approximate surface area is 117 Å². The van der Waals surface area contributed by atoms with Crippen LogP contribution in [0.3, 0.4) is 0 Å². The van der Waals surface area contributed by atoms with Crippen molar-refractivity contribution in [3.05, 3.63) is 40.6 Å². The molecule has 0 amide bonds. The maximum atomic E-state index is 11.0. The topological polar surface area (TPSA) is 99.6 Å². The van der Waals surface area contributed by atoms with E-state index < -0.39 is 4.92 Å². The van der Waals surface area contributed by atoms with Gasteiger partial charge < -0.3 is 0 Å². The minimum absolute atomic E-state index is 0.0129. The number of rotatable bonds is 3. The van der Waals surface area contributed by atoms with Gasteiger partial charge in [-0.05, 0) is 40.4 Å². The lowest BCUT2D eigenvalue weighted by Gasteiger charge is -2.04. The van der Waals surface area contributed by atoms with Crippen molar-refractivity contribution in [2.45, 2.75) is 10.1 Å². The highest BCUT2D eigenvalue weighted by molar-refractivity contribution is 7.99. The SMILES string of the molecule is Cn1nnnc1Sc1ccc([N+](=O)[O-])c2ncccc12. The highest BCUT2D eigenvalue weighted by Gasteiger charge is 2.17. The number of fused-ring (bicyclic) bond motifs is 1. The Hall–Kier alpha value is -2.55. The van der Waals surface area contributed by atoms with Crippen molar-refractivity contribution in [1.29, 1.82) is 0 Å². The number of hydrogen-bond donors (Lipinski definition) is 0. The first-order chi connectivity index (χ1) is 9.66. The Morgan fingerprint density at radius 2 is 2.20 bits per heavy atom. The molecule has 0 atom stereocenters.